The average molecular weight is 371 g/mol. The van der Waals surface area contributed by atoms with Crippen LogP contribution in [-0.2, 0) is 18.9 Å². The molecule has 1 aromatic carbocycles. The van der Waals surface area contributed by atoms with Crippen LogP contribution in [0.5, 0.6) is 0 Å². The molecule has 3 rings (SSSR count). The Bertz CT molecular complexity index is 509. The van der Waals surface area contributed by atoms with E-state index in [9.17, 15) is 4.79 Å². The van der Waals surface area contributed by atoms with Crippen LogP contribution in [0.3, 0.4) is 0 Å². The van der Waals surface area contributed by atoms with Crippen LogP contribution in [0.4, 0.5) is 0 Å². The highest BCUT2D eigenvalue weighted by atomic mass is 79.9. The lowest BCUT2D eigenvalue weighted by Crippen LogP contribution is -2.48. The van der Waals surface area contributed by atoms with Gasteiger partial charge >= 0.3 is 5.97 Å². The van der Waals surface area contributed by atoms with Gasteiger partial charge in [0.15, 0.2) is 12.6 Å². The molecular weight excluding hydrogens is 352 g/mol. The maximum absolute atomic E-state index is 12.2. The second-order valence-electron chi connectivity index (χ2n) is 5.39. The van der Waals surface area contributed by atoms with E-state index in [0.29, 0.717) is 17.3 Å². The number of benzene rings is 1. The predicted molar refractivity (Wildman–Crippen MR) is 82.8 cm³/mol. The van der Waals surface area contributed by atoms with Crippen molar-refractivity contribution in [2.75, 3.05) is 5.33 Å². The zero-order chi connectivity index (χ0) is 15.5. The summed E-state index contributed by atoms with van der Waals surface area (Å²) in [6, 6.07) is 8.96. The third-order valence-corrected chi connectivity index (χ3v) is 4.50. The lowest BCUT2D eigenvalue weighted by atomic mass is 10.0. The summed E-state index contributed by atoms with van der Waals surface area (Å²) in [6.07, 6.45) is -0.0528. The molecule has 0 amide bonds. The first kappa shape index (κ1) is 15.9. The number of carbonyl (C=O) groups excluding carboxylic acids is 1. The van der Waals surface area contributed by atoms with Crippen molar-refractivity contribution in [1.82, 2.24) is 0 Å². The Morgan fingerprint density at radius 1 is 1.27 bits per heavy atom. The molecule has 0 saturated carbocycles. The first-order valence-electron chi connectivity index (χ1n) is 7.49. The fraction of sp³-hybridized carbons (Fsp3) is 0.562. The van der Waals surface area contributed by atoms with E-state index in [4.69, 9.17) is 18.9 Å². The van der Waals surface area contributed by atoms with Crippen LogP contribution < -0.4 is 0 Å². The molecule has 0 aliphatic carbocycles. The summed E-state index contributed by atoms with van der Waals surface area (Å²) in [5, 5.41) is 0.573. The minimum Gasteiger partial charge on any atom is -0.456 e. The predicted octanol–water partition coefficient (Wildman–Crippen LogP) is 2.87. The molecule has 0 radical (unpaired) electrons. The molecular formula is C16H19BrO5. The van der Waals surface area contributed by atoms with Gasteiger partial charge in [-0.05, 0) is 18.6 Å². The van der Waals surface area contributed by atoms with Crippen LogP contribution in [0, 0.1) is 0 Å². The van der Waals surface area contributed by atoms with Crippen LogP contribution in [0.15, 0.2) is 30.3 Å². The van der Waals surface area contributed by atoms with E-state index >= 15 is 0 Å². The fourth-order valence-electron chi connectivity index (χ4n) is 2.69. The molecule has 0 N–H and O–H groups in total. The molecule has 1 unspecified atom stereocenters. The summed E-state index contributed by atoms with van der Waals surface area (Å²) < 4.78 is 22.9. The van der Waals surface area contributed by atoms with E-state index in [-0.39, 0.29) is 36.9 Å². The summed E-state index contributed by atoms with van der Waals surface area (Å²) in [5.41, 5.74) is 0.535. The van der Waals surface area contributed by atoms with Gasteiger partial charge in [-0.15, -0.1) is 0 Å². The highest BCUT2D eigenvalue weighted by Crippen LogP contribution is 2.33. The van der Waals surface area contributed by atoms with E-state index in [0.717, 1.165) is 6.42 Å². The maximum atomic E-state index is 12.2. The quantitative estimate of drug-likeness (QED) is 0.602. The number of fused-ring (bicyclic) bond motifs is 1. The summed E-state index contributed by atoms with van der Waals surface area (Å²) in [5.74, 6) is -0.343. The Morgan fingerprint density at radius 2 is 2.05 bits per heavy atom. The summed E-state index contributed by atoms with van der Waals surface area (Å²) in [6.45, 7) is 2.00. The smallest absolute Gasteiger partial charge is 0.338 e. The molecule has 22 heavy (non-hydrogen) atoms. The molecule has 2 fully saturated rings. The minimum absolute atomic E-state index is 0.186. The number of carbonyl (C=O) groups is 1. The molecule has 0 bridgehead atoms. The van der Waals surface area contributed by atoms with Crippen LogP contribution >= 0.6 is 15.9 Å². The van der Waals surface area contributed by atoms with Crippen molar-refractivity contribution in [3.05, 3.63) is 35.9 Å². The van der Waals surface area contributed by atoms with Crippen molar-refractivity contribution >= 4 is 21.9 Å². The Balaban J connectivity index is 1.66. The van der Waals surface area contributed by atoms with Gasteiger partial charge in [-0.2, -0.15) is 0 Å². The SMILES string of the molecule is CCC1O[C@H]2O[C@H](CBr)[C@H](OC(=O)c3ccccc3)C[C@H]2O1. The fourth-order valence-corrected chi connectivity index (χ4v) is 3.26. The number of ether oxygens (including phenoxy) is 4. The first-order valence-corrected chi connectivity index (χ1v) is 8.61. The number of esters is 1. The van der Waals surface area contributed by atoms with Crippen LogP contribution in [-0.4, -0.2) is 42.2 Å². The third kappa shape index (κ3) is 3.35. The van der Waals surface area contributed by atoms with Gasteiger partial charge < -0.3 is 18.9 Å². The monoisotopic (exact) mass is 370 g/mol. The molecule has 120 valence electrons. The van der Waals surface area contributed by atoms with Gasteiger partial charge in [0.2, 0.25) is 0 Å². The van der Waals surface area contributed by atoms with Gasteiger partial charge in [0, 0.05) is 11.8 Å². The maximum Gasteiger partial charge on any atom is 0.338 e. The number of rotatable bonds is 4. The summed E-state index contributed by atoms with van der Waals surface area (Å²) in [7, 11) is 0. The van der Waals surface area contributed by atoms with Crippen molar-refractivity contribution in [3.63, 3.8) is 0 Å². The number of hydrogen-bond acceptors (Lipinski definition) is 5. The Hall–Kier alpha value is -0.950. The highest BCUT2D eigenvalue weighted by Gasteiger charge is 2.46. The second-order valence-corrected chi connectivity index (χ2v) is 6.04. The van der Waals surface area contributed by atoms with Crippen molar-refractivity contribution in [1.29, 1.82) is 0 Å². The standard InChI is InChI=1S/C16H19BrO5/c1-2-14-19-12-8-11(13(9-17)21-16(12)22-14)20-15(18)10-6-4-3-5-7-10/h3-7,11-14,16H,2,8-9H2,1H3/t11-,12-,13-,14?,16-/m1/s1. The topological polar surface area (TPSA) is 54.0 Å². The molecule has 0 aromatic heterocycles. The summed E-state index contributed by atoms with van der Waals surface area (Å²) in [4.78, 5) is 12.2. The highest BCUT2D eigenvalue weighted by molar-refractivity contribution is 9.09. The molecule has 5 nitrogen and oxygen atoms in total. The molecule has 2 aliphatic heterocycles. The average Bonchev–Trinajstić information content (AvgIpc) is 2.96. The van der Waals surface area contributed by atoms with Crippen LogP contribution in [0.2, 0.25) is 0 Å². The molecule has 6 heteroatoms. The Labute approximate surface area is 138 Å². The normalized spacial score (nSPS) is 34.2. The van der Waals surface area contributed by atoms with Gasteiger partial charge in [0.1, 0.15) is 18.3 Å². The lowest BCUT2D eigenvalue weighted by molar-refractivity contribution is -0.207. The third-order valence-electron chi connectivity index (χ3n) is 3.86. The second kappa shape index (κ2) is 7.08. The van der Waals surface area contributed by atoms with Crippen molar-refractivity contribution in [3.8, 4) is 0 Å². The summed E-state index contributed by atoms with van der Waals surface area (Å²) >= 11 is 3.41. The minimum atomic E-state index is -0.376. The van der Waals surface area contributed by atoms with Crippen molar-refractivity contribution in [2.24, 2.45) is 0 Å². The number of alkyl halides is 1. The molecule has 1 aromatic rings. The lowest BCUT2D eigenvalue weighted by Gasteiger charge is -2.35. The van der Waals surface area contributed by atoms with Gasteiger partial charge in [0.05, 0.1) is 5.56 Å². The van der Waals surface area contributed by atoms with Gasteiger partial charge in [-0.3, -0.25) is 0 Å². The van der Waals surface area contributed by atoms with E-state index < -0.39 is 0 Å². The molecule has 5 atom stereocenters. The zero-order valence-corrected chi connectivity index (χ0v) is 13.9. The molecule has 2 saturated heterocycles. The van der Waals surface area contributed by atoms with E-state index in [1.165, 1.54) is 0 Å². The van der Waals surface area contributed by atoms with Gasteiger partial charge in [0.25, 0.3) is 0 Å². The van der Waals surface area contributed by atoms with Crippen LogP contribution in [0.25, 0.3) is 0 Å². The van der Waals surface area contributed by atoms with Gasteiger partial charge in [-0.25, -0.2) is 4.79 Å². The first-order chi connectivity index (χ1) is 10.7. The van der Waals surface area contributed by atoms with E-state index in [1.807, 2.05) is 25.1 Å². The van der Waals surface area contributed by atoms with Gasteiger partial charge in [-0.1, -0.05) is 41.1 Å². The molecule has 0 spiro atoms. The Kier molecular flexibility index (Phi) is 5.13. The van der Waals surface area contributed by atoms with Crippen molar-refractivity contribution in [2.45, 2.75) is 50.7 Å². The number of halogens is 1. The van der Waals surface area contributed by atoms with Crippen LogP contribution in [0.1, 0.15) is 30.1 Å². The molecule has 2 aliphatic rings. The largest absolute Gasteiger partial charge is 0.456 e. The Morgan fingerprint density at radius 3 is 2.73 bits per heavy atom. The number of hydrogen-bond donors (Lipinski definition) is 0. The zero-order valence-electron chi connectivity index (χ0n) is 12.3. The van der Waals surface area contributed by atoms with Crippen molar-refractivity contribution < 1.29 is 23.7 Å². The molecule has 2 heterocycles. The van der Waals surface area contributed by atoms with E-state index in [1.54, 1.807) is 12.1 Å². The van der Waals surface area contributed by atoms with E-state index in [2.05, 4.69) is 15.9 Å².